The normalized spacial score (nSPS) is 20.2. The Morgan fingerprint density at radius 3 is 2.72 bits per heavy atom. The molecule has 0 radical (unpaired) electrons. The Kier molecular flexibility index (Phi) is 7.10. The van der Waals surface area contributed by atoms with Crippen LogP contribution in [0.4, 0.5) is 0 Å². The van der Waals surface area contributed by atoms with Gasteiger partial charge in [0.1, 0.15) is 5.75 Å². The Hall–Kier alpha value is -1.31. The van der Waals surface area contributed by atoms with Crippen LogP contribution in [-0.4, -0.2) is 63.1 Å². The van der Waals surface area contributed by atoms with Gasteiger partial charge in [-0.15, -0.1) is 0 Å². The summed E-state index contributed by atoms with van der Waals surface area (Å²) in [6, 6.07) is 6.63. The van der Waals surface area contributed by atoms with E-state index in [1.165, 1.54) is 0 Å². The van der Waals surface area contributed by atoms with Crippen LogP contribution in [0.3, 0.4) is 0 Å². The summed E-state index contributed by atoms with van der Waals surface area (Å²) in [5, 5.41) is 0.427. The molecule has 1 aromatic rings. The molecule has 0 bridgehead atoms. The summed E-state index contributed by atoms with van der Waals surface area (Å²) in [4.78, 5) is 14.5. The first kappa shape index (κ1) is 20.0. The Bertz CT molecular complexity index is 694. The molecular weight excluding hydrogens is 366 g/mol. The number of sulfone groups is 1. The molecule has 2 atom stereocenters. The molecule has 0 aliphatic carbocycles. The second-order valence-electron chi connectivity index (χ2n) is 6.13. The number of nitrogens with zero attached hydrogens (tertiary/aromatic N) is 1. The number of ether oxygens (including phenoxy) is 2. The van der Waals surface area contributed by atoms with Crippen molar-refractivity contribution in [1.29, 1.82) is 0 Å². The van der Waals surface area contributed by atoms with Gasteiger partial charge in [0.05, 0.1) is 16.5 Å². The van der Waals surface area contributed by atoms with E-state index < -0.39 is 15.9 Å². The van der Waals surface area contributed by atoms with Gasteiger partial charge in [0.15, 0.2) is 15.9 Å². The Morgan fingerprint density at radius 1 is 1.40 bits per heavy atom. The highest BCUT2D eigenvalue weighted by Gasteiger charge is 2.36. The van der Waals surface area contributed by atoms with Crippen LogP contribution in [-0.2, 0) is 19.4 Å². The molecule has 6 nitrogen and oxygen atoms in total. The van der Waals surface area contributed by atoms with Crippen LogP contribution in [0.2, 0.25) is 5.02 Å². The summed E-state index contributed by atoms with van der Waals surface area (Å²) in [7, 11) is -1.49. The van der Waals surface area contributed by atoms with Gasteiger partial charge in [-0.2, -0.15) is 0 Å². The maximum absolute atomic E-state index is 12.9. The van der Waals surface area contributed by atoms with Crippen LogP contribution in [0.15, 0.2) is 24.3 Å². The first-order valence-electron chi connectivity index (χ1n) is 8.25. The minimum atomic E-state index is -3.08. The molecule has 1 saturated heterocycles. The lowest BCUT2D eigenvalue weighted by molar-refractivity contribution is -0.140. The third kappa shape index (κ3) is 5.59. The van der Waals surface area contributed by atoms with Gasteiger partial charge in [-0.1, -0.05) is 23.7 Å². The summed E-state index contributed by atoms with van der Waals surface area (Å²) in [5.74, 6) is 0.315. The molecule has 0 N–H and O–H groups in total. The maximum atomic E-state index is 12.9. The second kappa shape index (κ2) is 8.87. The van der Waals surface area contributed by atoms with E-state index >= 15 is 0 Å². The molecule has 1 fully saturated rings. The maximum Gasteiger partial charge on any atom is 0.263 e. The molecule has 0 saturated carbocycles. The predicted octanol–water partition coefficient (Wildman–Crippen LogP) is 2.16. The van der Waals surface area contributed by atoms with Crippen LogP contribution >= 0.6 is 11.6 Å². The quantitative estimate of drug-likeness (QED) is 0.637. The zero-order valence-corrected chi connectivity index (χ0v) is 16.1. The van der Waals surface area contributed by atoms with Crippen LogP contribution in [0.25, 0.3) is 0 Å². The molecule has 1 aromatic carbocycles. The number of methoxy groups -OCH3 is 1. The summed E-state index contributed by atoms with van der Waals surface area (Å²) in [6.45, 7) is 2.59. The summed E-state index contributed by atoms with van der Waals surface area (Å²) in [6.07, 6.45) is 0.336. The number of amides is 1. The van der Waals surface area contributed by atoms with Crippen LogP contribution in [0.5, 0.6) is 5.75 Å². The molecule has 1 aliphatic rings. The molecule has 2 rings (SSSR count). The Balaban J connectivity index is 2.09. The van der Waals surface area contributed by atoms with Crippen molar-refractivity contribution in [2.75, 3.05) is 31.8 Å². The zero-order chi connectivity index (χ0) is 18.4. The van der Waals surface area contributed by atoms with Crippen molar-refractivity contribution in [3.63, 3.8) is 0 Å². The van der Waals surface area contributed by atoms with Gasteiger partial charge in [0.25, 0.3) is 5.91 Å². The molecule has 8 heteroatoms. The fourth-order valence-corrected chi connectivity index (χ4v) is 4.80. The van der Waals surface area contributed by atoms with E-state index in [4.69, 9.17) is 21.1 Å². The van der Waals surface area contributed by atoms with E-state index in [0.29, 0.717) is 36.8 Å². The minimum Gasteiger partial charge on any atom is -0.479 e. The van der Waals surface area contributed by atoms with Crippen molar-refractivity contribution in [2.24, 2.45) is 0 Å². The summed E-state index contributed by atoms with van der Waals surface area (Å²) < 4.78 is 34.3. The standard InChI is InChI=1S/C17H24ClNO5S/c1-13(24-16-7-4-3-6-15(16)18)17(20)19(9-5-10-23-2)14-8-11-25(21,22)12-14/h3-4,6-7,13-14H,5,8-12H2,1-2H3. The van der Waals surface area contributed by atoms with Crippen molar-refractivity contribution >= 4 is 27.3 Å². The summed E-state index contributed by atoms with van der Waals surface area (Å²) in [5.41, 5.74) is 0. The number of rotatable bonds is 8. The van der Waals surface area contributed by atoms with Gasteiger partial charge < -0.3 is 14.4 Å². The smallest absolute Gasteiger partial charge is 0.263 e. The molecule has 25 heavy (non-hydrogen) atoms. The minimum absolute atomic E-state index is 0.00450. The van der Waals surface area contributed by atoms with Crippen LogP contribution < -0.4 is 4.74 Å². The third-order valence-electron chi connectivity index (χ3n) is 4.17. The largest absolute Gasteiger partial charge is 0.479 e. The lowest BCUT2D eigenvalue weighted by atomic mass is 10.2. The fraction of sp³-hybridized carbons (Fsp3) is 0.588. The van der Waals surface area contributed by atoms with Crippen molar-refractivity contribution in [3.8, 4) is 5.75 Å². The van der Waals surface area contributed by atoms with Crippen LogP contribution in [0.1, 0.15) is 19.8 Å². The lowest BCUT2D eigenvalue weighted by Crippen LogP contribution is -2.47. The Labute approximate surface area is 154 Å². The average Bonchev–Trinajstić information content (AvgIpc) is 2.93. The van der Waals surface area contributed by atoms with Gasteiger partial charge in [0, 0.05) is 26.3 Å². The van der Waals surface area contributed by atoms with Crippen molar-refractivity contribution in [2.45, 2.75) is 31.9 Å². The first-order valence-corrected chi connectivity index (χ1v) is 10.4. The SMILES string of the molecule is COCCCN(C(=O)C(C)Oc1ccccc1Cl)C1CCS(=O)(=O)C1. The van der Waals surface area contributed by atoms with E-state index in [2.05, 4.69) is 0 Å². The average molecular weight is 390 g/mol. The summed E-state index contributed by atoms with van der Waals surface area (Å²) >= 11 is 6.07. The van der Waals surface area contributed by atoms with E-state index in [-0.39, 0.29) is 23.5 Å². The molecule has 0 aromatic heterocycles. The number of hydrogen-bond acceptors (Lipinski definition) is 5. The Morgan fingerprint density at radius 2 is 2.12 bits per heavy atom. The van der Waals surface area contributed by atoms with Gasteiger partial charge >= 0.3 is 0 Å². The van der Waals surface area contributed by atoms with Gasteiger partial charge in [-0.25, -0.2) is 8.42 Å². The number of carbonyl (C=O) groups excluding carboxylic acids is 1. The van der Waals surface area contributed by atoms with Gasteiger partial charge in [-0.05, 0) is 31.9 Å². The van der Waals surface area contributed by atoms with Crippen molar-refractivity contribution in [3.05, 3.63) is 29.3 Å². The van der Waals surface area contributed by atoms with Crippen molar-refractivity contribution < 1.29 is 22.7 Å². The monoisotopic (exact) mass is 389 g/mol. The second-order valence-corrected chi connectivity index (χ2v) is 8.76. The number of hydrogen-bond donors (Lipinski definition) is 0. The fourth-order valence-electron chi connectivity index (χ4n) is 2.89. The molecular formula is C17H24ClNO5S. The molecule has 1 heterocycles. The number of para-hydroxylation sites is 1. The molecule has 140 valence electrons. The molecule has 0 spiro atoms. The number of halogens is 1. The highest BCUT2D eigenvalue weighted by molar-refractivity contribution is 7.91. The van der Waals surface area contributed by atoms with Gasteiger partial charge in [0.2, 0.25) is 0 Å². The van der Waals surface area contributed by atoms with E-state index in [9.17, 15) is 13.2 Å². The zero-order valence-electron chi connectivity index (χ0n) is 14.5. The topological polar surface area (TPSA) is 72.9 Å². The molecule has 1 aliphatic heterocycles. The number of carbonyl (C=O) groups is 1. The van der Waals surface area contributed by atoms with Gasteiger partial charge in [-0.3, -0.25) is 4.79 Å². The van der Waals surface area contributed by atoms with E-state index in [1.807, 2.05) is 0 Å². The van der Waals surface area contributed by atoms with Crippen LogP contribution in [0, 0.1) is 0 Å². The molecule has 2 unspecified atom stereocenters. The third-order valence-corrected chi connectivity index (χ3v) is 6.23. The highest BCUT2D eigenvalue weighted by Crippen LogP contribution is 2.25. The first-order chi connectivity index (χ1) is 11.8. The lowest BCUT2D eigenvalue weighted by Gasteiger charge is -2.31. The van der Waals surface area contributed by atoms with E-state index in [0.717, 1.165) is 0 Å². The number of benzene rings is 1. The highest BCUT2D eigenvalue weighted by atomic mass is 35.5. The van der Waals surface area contributed by atoms with E-state index in [1.54, 1.807) is 43.2 Å². The molecule has 1 amide bonds. The van der Waals surface area contributed by atoms with Crippen molar-refractivity contribution in [1.82, 2.24) is 4.90 Å². The predicted molar refractivity (Wildman–Crippen MR) is 96.8 cm³/mol.